The number of para-hydroxylation sites is 1. The molecule has 2 amide bonds. The van der Waals surface area contributed by atoms with Crippen molar-refractivity contribution in [2.24, 2.45) is 0 Å². The van der Waals surface area contributed by atoms with Crippen LogP contribution in [0.25, 0.3) is 16.2 Å². The van der Waals surface area contributed by atoms with Crippen LogP contribution in [0.3, 0.4) is 0 Å². The molecule has 1 fully saturated rings. The molecule has 2 aromatic carbocycles. The monoisotopic (exact) mass is 446 g/mol. The number of nitrogens with zero attached hydrogens (tertiary/aromatic N) is 3. The fourth-order valence-electron chi connectivity index (χ4n) is 3.75. The van der Waals surface area contributed by atoms with Gasteiger partial charge in [-0.2, -0.15) is 0 Å². The van der Waals surface area contributed by atoms with Crippen molar-refractivity contribution < 1.29 is 14.3 Å². The van der Waals surface area contributed by atoms with Gasteiger partial charge < -0.3 is 15.0 Å². The third kappa shape index (κ3) is 4.22. The molecule has 4 aromatic rings. The zero-order valence-corrected chi connectivity index (χ0v) is 18.2. The molecule has 0 radical (unpaired) electrons. The van der Waals surface area contributed by atoms with Gasteiger partial charge in [-0.1, -0.05) is 30.3 Å². The second kappa shape index (κ2) is 8.84. The highest BCUT2D eigenvalue weighted by Gasteiger charge is 2.23. The van der Waals surface area contributed by atoms with Crippen LogP contribution in [0.1, 0.15) is 23.3 Å². The largest absolute Gasteiger partial charge is 0.484 e. The van der Waals surface area contributed by atoms with Crippen molar-refractivity contribution >= 4 is 33.8 Å². The highest BCUT2D eigenvalue weighted by Crippen LogP contribution is 2.26. The Labute approximate surface area is 189 Å². The number of hydrogen-bond acceptors (Lipinski definition) is 5. The molecule has 5 rings (SSSR count). The highest BCUT2D eigenvalue weighted by molar-refractivity contribution is 7.15. The fourth-order valence-corrected chi connectivity index (χ4v) is 4.59. The van der Waals surface area contributed by atoms with Crippen LogP contribution in [0.5, 0.6) is 5.75 Å². The van der Waals surface area contributed by atoms with E-state index in [1.54, 1.807) is 0 Å². The topological polar surface area (TPSA) is 75.9 Å². The number of amides is 2. The van der Waals surface area contributed by atoms with Crippen molar-refractivity contribution in [2.75, 3.05) is 25.0 Å². The van der Waals surface area contributed by atoms with Gasteiger partial charge in [0.15, 0.2) is 11.6 Å². The molecule has 2 aromatic heterocycles. The molecule has 0 atom stereocenters. The van der Waals surface area contributed by atoms with Gasteiger partial charge in [0.1, 0.15) is 11.4 Å². The van der Waals surface area contributed by atoms with E-state index in [0.29, 0.717) is 17.1 Å². The summed E-state index contributed by atoms with van der Waals surface area (Å²) in [5, 5.41) is 4.71. The zero-order valence-electron chi connectivity index (χ0n) is 17.4. The van der Waals surface area contributed by atoms with E-state index < -0.39 is 0 Å². The molecule has 1 saturated heterocycles. The first-order valence-corrected chi connectivity index (χ1v) is 11.4. The number of benzene rings is 2. The number of hydrogen-bond donors (Lipinski definition) is 1. The first-order chi connectivity index (χ1) is 15.7. The van der Waals surface area contributed by atoms with Gasteiger partial charge in [-0.05, 0) is 37.1 Å². The van der Waals surface area contributed by atoms with Gasteiger partial charge in [0.25, 0.3) is 11.8 Å². The van der Waals surface area contributed by atoms with Gasteiger partial charge in [-0.25, -0.2) is 4.98 Å². The summed E-state index contributed by atoms with van der Waals surface area (Å²) >= 11 is 1.47. The lowest BCUT2D eigenvalue weighted by molar-refractivity contribution is -0.118. The maximum atomic E-state index is 12.8. The van der Waals surface area contributed by atoms with E-state index in [9.17, 15) is 9.59 Å². The van der Waals surface area contributed by atoms with E-state index in [1.807, 2.05) is 75.5 Å². The summed E-state index contributed by atoms with van der Waals surface area (Å²) in [4.78, 5) is 32.3. The summed E-state index contributed by atoms with van der Waals surface area (Å²) < 4.78 is 7.34. The Balaban J connectivity index is 1.25. The molecule has 0 aliphatic carbocycles. The minimum absolute atomic E-state index is 0.0586. The van der Waals surface area contributed by atoms with Crippen LogP contribution in [0.2, 0.25) is 0 Å². The van der Waals surface area contributed by atoms with Crippen LogP contribution >= 0.6 is 11.3 Å². The van der Waals surface area contributed by atoms with Gasteiger partial charge in [0.05, 0.1) is 5.69 Å². The van der Waals surface area contributed by atoms with Crippen molar-refractivity contribution in [3.63, 3.8) is 0 Å². The summed E-state index contributed by atoms with van der Waals surface area (Å²) in [5.41, 5.74) is 3.05. The van der Waals surface area contributed by atoms with Crippen LogP contribution in [-0.2, 0) is 4.79 Å². The Morgan fingerprint density at radius 2 is 1.78 bits per heavy atom. The van der Waals surface area contributed by atoms with Crippen LogP contribution in [-0.4, -0.2) is 45.8 Å². The first-order valence-electron chi connectivity index (χ1n) is 10.5. The predicted octanol–water partition coefficient (Wildman–Crippen LogP) is 4.32. The molecule has 0 bridgehead atoms. The van der Waals surface area contributed by atoms with Crippen LogP contribution in [0.15, 0.2) is 66.2 Å². The van der Waals surface area contributed by atoms with Crippen molar-refractivity contribution in [3.05, 3.63) is 71.9 Å². The molecule has 3 heterocycles. The number of carbonyl (C=O) groups is 2. The quantitative estimate of drug-likeness (QED) is 0.479. The van der Waals surface area contributed by atoms with Crippen molar-refractivity contribution in [2.45, 2.75) is 12.8 Å². The number of carbonyl (C=O) groups excluding carboxylic acids is 2. The molecule has 8 heteroatoms. The number of fused-ring (bicyclic) bond motifs is 1. The Bertz CT molecular complexity index is 1240. The number of imidazole rings is 1. The molecule has 0 unspecified atom stereocenters. The van der Waals surface area contributed by atoms with Crippen LogP contribution in [0, 0.1) is 0 Å². The van der Waals surface area contributed by atoms with Crippen LogP contribution in [0.4, 0.5) is 5.69 Å². The summed E-state index contributed by atoms with van der Waals surface area (Å²) in [6.45, 7) is 1.58. The number of ether oxygens (including phenoxy) is 1. The summed E-state index contributed by atoms with van der Waals surface area (Å²) in [6, 6.07) is 16.7. The van der Waals surface area contributed by atoms with E-state index >= 15 is 0 Å². The number of rotatable bonds is 6. The van der Waals surface area contributed by atoms with Crippen molar-refractivity contribution in [3.8, 4) is 17.0 Å². The Morgan fingerprint density at radius 3 is 2.53 bits per heavy atom. The van der Waals surface area contributed by atoms with Crippen LogP contribution < -0.4 is 10.1 Å². The third-order valence-electron chi connectivity index (χ3n) is 5.40. The summed E-state index contributed by atoms with van der Waals surface area (Å²) in [7, 11) is 0. The van der Waals surface area contributed by atoms with E-state index in [0.717, 1.165) is 42.1 Å². The second-order valence-corrected chi connectivity index (χ2v) is 8.46. The molecule has 1 aliphatic heterocycles. The Hall–Kier alpha value is -3.65. The molecule has 7 nitrogen and oxygen atoms in total. The number of nitrogens with one attached hydrogen (secondary N) is 1. The molecule has 162 valence electrons. The van der Waals surface area contributed by atoms with Gasteiger partial charge in [0, 0.05) is 35.9 Å². The second-order valence-electron chi connectivity index (χ2n) is 7.63. The third-order valence-corrected chi connectivity index (χ3v) is 6.24. The van der Waals surface area contributed by atoms with Crippen molar-refractivity contribution in [1.29, 1.82) is 0 Å². The summed E-state index contributed by atoms with van der Waals surface area (Å²) in [5.74, 6) is 0.489. The fraction of sp³-hybridized carbons (Fsp3) is 0.208. The van der Waals surface area contributed by atoms with Gasteiger partial charge in [-0.15, -0.1) is 11.3 Å². The predicted molar refractivity (Wildman–Crippen MR) is 124 cm³/mol. The molecular formula is C24H22N4O3S. The molecule has 0 saturated carbocycles. The molecule has 1 aliphatic rings. The number of thiazole rings is 1. The van der Waals surface area contributed by atoms with E-state index in [2.05, 4.69) is 10.3 Å². The standard InChI is InChI=1S/C24H22N4O3S/c29-22(15-31-19-6-2-1-3-7-19)25-18-10-8-17(9-11-18)20-14-28-21(16-32-24(28)26-20)23(30)27-12-4-5-13-27/h1-3,6-11,14,16H,4-5,12-13,15H2,(H,25,29). The average Bonchev–Trinajstić information content (AvgIpc) is 3.56. The van der Waals surface area contributed by atoms with E-state index in [4.69, 9.17) is 4.74 Å². The van der Waals surface area contributed by atoms with Gasteiger partial charge in [-0.3, -0.25) is 14.0 Å². The van der Waals surface area contributed by atoms with Gasteiger partial charge in [0.2, 0.25) is 0 Å². The Morgan fingerprint density at radius 1 is 1.03 bits per heavy atom. The van der Waals surface area contributed by atoms with E-state index in [-0.39, 0.29) is 18.4 Å². The lowest BCUT2D eigenvalue weighted by atomic mass is 10.1. The average molecular weight is 447 g/mol. The Kier molecular flexibility index (Phi) is 5.60. The SMILES string of the molecule is O=C(COc1ccccc1)Nc1ccc(-c2cn3c(C(=O)N4CCCC4)csc3n2)cc1. The smallest absolute Gasteiger partial charge is 0.271 e. The minimum atomic E-state index is -0.228. The van der Waals surface area contributed by atoms with E-state index in [1.165, 1.54) is 11.3 Å². The summed E-state index contributed by atoms with van der Waals surface area (Å²) in [6.07, 6.45) is 4.03. The zero-order chi connectivity index (χ0) is 21.9. The number of anilines is 1. The lowest BCUT2D eigenvalue weighted by Gasteiger charge is -2.13. The van der Waals surface area contributed by atoms with Gasteiger partial charge >= 0.3 is 0 Å². The minimum Gasteiger partial charge on any atom is -0.484 e. The number of likely N-dealkylation sites (tertiary alicyclic amines) is 1. The molecular weight excluding hydrogens is 424 g/mol. The highest BCUT2D eigenvalue weighted by atomic mass is 32.1. The molecule has 0 spiro atoms. The maximum absolute atomic E-state index is 12.8. The number of aromatic nitrogens is 2. The normalized spacial score (nSPS) is 13.4. The lowest BCUT2D eigenvalue weighted by Crippen LogP contribution is -2.28. The molecule has 1 N–H and O–H groups in total. The molecule has 32 heavy (non-hydrogen) atoms. The van der Waals surface area contributed by atoms with Crippen molar-refractivity contribution in [1.82, 2.24) is 14.3 Å². The maximum Gasteiger partial charge on any atom is 0.271 e. The first kappa shape index (κ1) is 20.3.